The van der Waals surface area contributed by atoms with E-state index >= 15 is 0 Å². The van der Waals surface area contributed by atoms with Crippen molar-refractivity contribution in [1.82, 2.24) is 4.90 Å². The molecule has 0 radical (unpaired) electrons. The zero-order chi connectivity index (χ0) is 20.6. The first-order valence-corrected chi connectivity index (χ1v) is 11.6. The monoisotopic (exact) mass is 419 g/mol. The number of anilines is 1. The molecule has 3 aliphatic rings. The van der Waals surface area contributed by atoms with Crippen molar-refractivity contribution >= 4 is 33.4 Å². The Morgan fingerprint density at radius 1 is 1.07 bits per heavy atom. The number of likely N-dealkylation sites (tertiary alicyclic amines) is 1. The van der Waals surface area contributed by atoms with Crippen LogP contribution in [0.2, 0.25) is 0 Å². The van der Waals surface area contributed by atoms with Gasteiger partial charge in [0.05, 0.1) is 11.3 Å². The molecule has 8 nitrogen and oxygen atoms in total. The van der Waals surface area contributed by atoms with E-state index in [0.29, 0.717) is 37.6 Å². The predicted molar refractivity (Wildman–Crippen MR) is 108 cm³/mol. The number of hydrogen-bond donors (Lipinski definition) is 0. The van der Waals surface area contributed by atoms with Gasteiger partial charge in [0, 0.05) is 26.1 Å². The molecule has 0 unspecified atom stereocenters. The van der Waals surface area contributed by atoms with E-state index in [1.54, 1.807) is 24.0 Å². The van der Waals surface area contributed by atoms with Gasteiger partial charge in [0.1, 0.15) is 10.7 Å². The molecule has 0 N–H and O–H groups in total. The van der Waals surface area contributed by atoms with Crippen molar-refractivity contribution in [3.8, 4) is 0 Å². The topological polar surface area (TPSA) is 96.4 Å². The molecule has 29 heavy (non-hydrogen) atoms. The quantitative estimate of drug-likeness (QED) is 0.698. The Balaban J connectivity index is 1.57. The Bertz CT molecular complexity index is 966. The van der Waals surface area contributed by atoms with E-state index in [9.17, 15) is 18.0 Å². The molecule has 4 rings (SSSR count). The van der Waals surface area contributed by atoms with E-state index in [2.05, 4.69) is 4.40 Å². The molecule has 1 atom stereocenters. The molecule has 1 aromatic carbocycles. The van der Waals surface area contributed by atoms with Crippen LogP contribution in [0.4, 0.5) is 5.69 Å². The first-order valence-electron chi connectivity index (χ1n) is 10.1. The minimum Gasteiger partial charge on any atom is -0.449 e. The van der Waals surface area contributed by atoms with Crippen molar-refractivity contribution in [3.05, 3.63) is 23.8 Å². The number of carbonyl (C=O) groups excluding carboxylic acids is 2. The van der Waals surface area contributed by atoms with E-state index in [1.165, 1.54) is 6.07 Å². The third kappa shape index (κ3) is 3.88. The third-order valence-electron chi connectivity index (χ3n) is 5.63. The van der Waals surface area contributed by atoms with Crippen LogP contribution in [0.3, 0.4) is 0 Å². The molecule has 9 heteroatoms. The standard InChI is InChI=1S/C20H25N3O5S/c1-14(19(24)22-10-5-6-11-22)28-20(25)15-8-9-16-17(13-15)29(26,27)21-18-7-3-2-4-12-23(16)18/h8-9,13-14H,2-7,10-12H2,1H3/t14-/m1/s1. The second-order valence-electron chi connectivity index (χ2n) is 7.71. The molecule has 0 aromatic heterocycles. The first kappa shape index (κ1) is 19.9. The van der Waals surface area contributed by atoms with E-state index in [-0.39, 0.29) is 16.4 Å². The van der Waals surface area contributed by atoms with Gasteiger partial charge in [-0.25, -0.2) is 4.79 Å². The fraction of sp³-hybridized carbons (Fsp3) is 0.550. The summed E-state index contributed by atoms with van der Waals surface area (Å²) < 4.78 is 34.7. The molecule has 2 saturated heterocycles. The highest BCUT2D eigenvalue weighted by molar-refractivity contribution is 7.90. The molecule has 0 saturated carbocycles. The molecule has 0 spiro atoms. The molecular weight excluding hydrogens is 394 g/mol. The predicted octanol–water partition coefficient (Wildman–Crippen LogP) is 2.34. The number of sulfonamides is 1. The molecule has 156 valence electrons. The van der Waals surface area contributed by atoms with Gasteiger partial charge in [0.25, 0.3) is 15.9 Å². The normalized spacial score (nSPS) is 21.5. The Kier molecular flexibility index (Phi) is 5.33. The Morgan fingerprint density at radius 3 is 2.55 bits per heavy atom. The van der Waals surface area contributed by atoms with Crippen LogP contribution in [-0.4, -0.2) is 56.8 Å². The van der Waals surface area contributed by atoms with Gasteiger partial charge in [-0.1, -0.05) is 6.42 Å². The zero-order valence-corrected chi connectivity index (χ0v) is 17.3. The molecule has 3 heterocycles. The number of amides is 1. The number of carbonyl (C=O) groups is 2. The average Bonchev–Trinajstić information content (AvgIpc) is 3.13. The summed E-state index contributed by atoms with van der Waals surface area (Å²) in [6.07, 6.45) is 4.51. The Hall–Kier alpha value is -2.42. The lowest BCUT2D eigenvalue weighted by Gasteiger charge is -2.29. The van der Waals surface area contributed by atoms with Gasteiger partial charge in [-0.15, -0.1) is 4.40 Å². The largest absolute Gasteiger partial charge is 0.449 e. The number of ether oxygens (including phenoxy) is 1. The van der Waals surface area contributed by atoms with Crippen LogP contribution in [0.15, 0.2) is 27.5 Å². The average molecular weight is 420 g/mol. The highest BCUT2D eigenvalue weighted by Crippen LogP contribution is 2.35. The second-order valence-corrected chi connectivity index (χ2v) is 9.28. The lowest BCUT2D eigenvalue weighted by Crippen LogP contribution is -2.38. The fourth-order valence-corrected chi connectivity index (χ4v) is 5.36. The number of esters is 1. The van der Waals surface area contributed by atoms with Crippen LogP contribution >= 0.6 is 0 Å². The molecule has 3 aliphatic heterocycles. The molecule has 1 aromatic rings. The van der Waals surface area contributed by atoms with Gasteiger partial charge in [-0.2, -0.15) is 8.42 Å². The maximum atomic E-state index is 12.7. The van der Waals surface area contributed by atoms with Crippen molar-refractivity contribution in [1.29, 1.82) is 0 Å². The highest BCUT2D eigenvalue weighted by Gasteiger charge is 2.33. The summed E-state index contributed by atoms with van der Waals surface area (Å²) in [5.41, 5.74) is 0.650. The minimum absolute atomic E-state index is 0.0103. The Morgan fingerprint density at radius 2 is 1.79 bits per heavy atom. The molecular formula is C20H25N3O5S. The van der Waals surface area contributed by atoms with E-state index in [4.69, 9.17) is 4.74 Å². The highest BCUT2D eigenvalue weighted by atomic mass is 32.2. The fourth-order valence-electron chi connectivity index (χ4n) is 4.08. The number of fused-ring (bicyclic) bond motifs is 3. The van der Waals surface area contributed by atoms with Crippen LogP contribution in [0.5, 0.6) is 0 Å². The first-order chi connectivity index (χ1) is 13.9. The van der Waals surface area contributed by atoms with Gasteiger partial charge in [0.2, 0.25) is 0 Å². The van der Waals surface area contributed by atoms with Crippen LogP contribution in [0.1, 0.15) is 55.8 Å². The maximum Gasteiger partial charge on any atom is 0.338 e. The summed E-state index contributed by atoms with van der Waals surface area (Å²) in [5, 5.41) is 0. The molecule has 0 bridgehead atoms. The lowest BCUT2D eigenvalue weighted by molar-refractivity contribution is -0.138. The van der Waals surface area contributed by atoms with Crippen LogP contribution < -0.4 is 4.90 Å². The summed E-state index contributed by atoms with van der Waals surface area (Å²) in [4.78, 5) is 28.6. The second kappa shape index (κ2) is 7.78. The molecule has 1 amide bonds. The van der Waals surface area contributed by atoms with Gasteiger partial charge < -0.3 is 14.5 Å². The van der Waals surface area contributed by atoms with Crippen molar-refractivity contribution in [2.24, 2.45) is 4.40 Å². The van der Waals surface area contributed by atoms with Gasteiger partial charge in [-0.3, -0.25) is 4.79 Å². The van der Waals surface area contributed by atoms with Crippen molar-refractivity contribution < 1.29 is 22.7 Å². The molecule has 0 aliphatic carbocycles. The van der Waals surface area contributed by atoms with Crippen molar-refractivity contribution in [2.45, 2.75) is 56.4 Å². The van der Waals surface area contributed by atoms with Crippen molar-refractivity contribution in [3.63, 3.8) is 0 Å². The minimum atomic E-state index is -3.88. The lowest BCUT2D eigenvalue weighted by atomic mass is 10.1. The zero-order valence-electron chi connectivity index (χ0n) is 16.5. The van der Waals surface area contributed by atoms with E-state index < -0.39 is 22.1 Å². The van der Waals surface area contributed by atoms with Crippen LogP contribution in [0.25, 0.3) is 0 Å². The summed E-state index contributed by atoms with van der Waals surface area (Å²) in [6.45, 7) is 3.59. The van der Waals surface area contributed by atoms with Crippen LogP contribution in [-0.2, 0) is 19.6 Å². The van der Waals surface area contributed by atoms with E-state index in [1.807, 2.05) is 4.90 Å². The SMILES string of the molecule is C[C@@H](OC(=O)c1ccc2c(c1)S(=O)(=O)N=C1CCCCCN12)C(=O)N1CCCC1. The van der Waals surface area contributed by atoms with Crippen LogP contribution in [0, 0.1) is 0 Å². The summed E-state index contributed by atoms with van der Waals surface area (Å²) >= 11 is 0. The smallest absolute Gasteiger partial charge is 0.338 e. The maximum absolute atomic E-state index is 12.7. The summed E-state index contributed by atoms with van der Waals surface area (Å²) in [6, 6.07) is 4.50. The van der Waals surface area contributed by atoms with Crippen molar-refractivity contribution in [2.75, 3.05) is 24.5 Å². The number of rotatable bonds is 3. The van der Waals surface area contributed by atoms with Gasteiger partial charge in [0.15, 0.2) is 6.10 Å². The number of nitrogens with zero attached hydrogens (tertiary/aromatic N) is 3. The third-order valence-corrected chi connectivity index (χ3v) is 6.97. The number of amidine groups is 1. The van der Waals surface area contributed by atoms with Gasteiger partial charge >= 0.3 is 5.97 Å². The number of hydrogen-bond acceptors (Lipinski definition) is 6. The van der Waals surface area contributed by atoms with Gasteiger partial charge in [-0.05, 0) is 50.8 Å². The molecule has 2 fully saturated rings. The van der Waals surface area contributed by atoms with E-state index in [0.717, 1.165) is 32.1 Å². The summed E-state index contributed by atoms with van der Waals surface area (Å²) in [7, 11) is -3.88. The Labute approximate surface area is 170 Å². The summed E-state index contributed by atoms with van der Waals surface area (Å²) in [5.74, 6) is -0.371. The number of benzene rings is 1.